The van der Waals surface area contributed by atoms with Crippen LogP contribution in [-0.4, -0.2) is 63.5 Å². The number of nitrogens with zero attached hydrogens (tertiary/aromatic N) is 2. The van der Waals surface area contributed by atoms with Crippen LogP contribution in [0.5, 0.6) is 0 Å². The molecule has 0 radical (unpaired) electrons. The van der Waals surface area contributed by atoms with Crippen molar-refractivity contribution in [3.8, 4) is 0 Å². The van der Waals surface area contributed by atoms with Gasteiger partial charge in [0.15, 0.2) is 6.23 Å². The molecule has 0 amide bonds. The molecule has 2 saturated heterocycles. The minimum Gasteiger partial charge on any atom is -0.389 e. The van der Waals surface area contributed by atoms with Gasteiger partial charge in [-0.1, -0.05) is 0 Å². The first-order chi connectivity index (χ1) is 14.1. The van der Waals surface area contributed by atoms with Crippen LogP contribution in [0.15, 0.2) is 17.1 Å². The lowest BCUT2D eigenvalue weighted by Crippen LogP contribution is -2.51. The number of ether oxygens (including phenoxy) is 1. The highest BCUT2D eigenvalue weighted by atomic mass is 32.2. The van der Waals surface area contributed by atoms with Crippen molar-refractivity contribution >= 4 is 41.0 Å². The number of thioether (sulfide) groups is 1. The average Bonchev–Trinajstić information content (AvgIpc) is 2.82. The van der Waals surface area contributed by atoms with Crippen molar-refractivity contribution in [3.05, 3.63) is 22.7 Å². The monoisotopic (exact) mass is 525 g/mol. The zero-order chi connectivity index (χ0) is 23.2. The van der Waals surface area contributed by atoms with Gasteiger partial charge in [0, 0.05) is 6.20 Å². The van der Waals surface area contributed by atoms with Gasteiger partial charge >= 0.3 is 29.2 Å². The Kier molecular flexibility index (Phi) is 6.94. The summed E-state index contributed by atoms with van der Waals surface area (Å²) in [6.07, 6.45) is -1.88. The van der Waals surface area contributed by atoms with Gasteiger partial charge in [0.05, 0.1) is 11.4 Å². The molecule has 6 atom stereocenters. The van der Waals surface area contributed by atoms with E-state index in [0.29, 0.717) is 12.2 Å². The molecule has 0 saturated carbocycles. The molecule has 31 heavy (non-hydrogen) atoms. The maximum Gasteiger partial charge on any atom is 0.490 e. The van der Waals surface area contributed by atoms with Crippen molar-refractivity contribution < 1.29 is 56.3 Å². The summed E-state index contributed by atoms with van der Waals surface area (Å²) < 4.78 is 51.5. The second-order valence-electron chi connectivity index (χ2n) is 6.45. The summed E-state index contributed by atoms with van der Waals surface area (Å²) in [4.78, 5) is 51.6. The molecule has 2 aliphatic rings. The van der Waals surface area contributed by atoms with Crippen molar-refractivity contribution in [2.24, 2.45) is 0 Å². The van der Waals surface area contributed by atoms with E-state index in [1.807, 2.05) is 0 Å². The van der Waals surface area contributed by atoms with Gasteiger partial charge in [-0.05, 0) is 18.2 Å². The number of aliphatic hydroxyl groups excluding tert-OH is 1. The molecular weight excluding hydrogens is 507 g/mol. The van der Waals surface area contributed by atoms with E-state index in [0.717, 1.165) is 4.57 Å². The quantitative estimate of drug-likeness (QED) is 0.230. The van der Waals surface area contributed by atoms with Crippen LogP contribution < -0.4 is 11.4 Å². The summed E-state index contributed by atoms with van der Waals surface area (Å²) >= 11 is 1.29. The summed E-state index contributed by atoms with van der Waals surface area (Å²) in [5.41, 5.74) is 4.71. The summed E-state index contributed by atoms with van der Waals surface area (Å²) in [6, 6.07) is 1.34. The Hall–Kier alpha value is -0.640. The van der Waals surface area contributed by atoms with Crippen LogP contribution in [-0.2, 0) is 31.6 Å². The number of phosphoric ester groups is 1. The lowest BCUT2D eigenvalue weighted by Gasteiger charge is -2.43. The number of hydrogen-bond donors (Lipinski definition) is 6. The lowest BCUT2D eigenvalue weighted by atomic mass is 9.94. The number of aliphatic hydroxyl groups is 1. The fourth-order valence-electron chi connectivity index (χ4n) is 3.09. The third-order valence-corrected chi connectivity index (χ3v) is 9.76. The highest BCUT2D eigenvalue weighted by Gasteiger charge is 2.61. The molecule has 20 heteroatoms. The standard InChI is InChI=1S/C11H18N3O13P3S/c12-7-1-3-14(10(16)13-7)9-11(2-4-31-11)8(15)6(25-9)5-24-29(20,21)27-30(22,23)26-28(17,18)19/h1,3,6,8-9,15H,2,4-5H2,(H,20,21)(H,22,23)(H2,12,13,16)(H2,17,18,19)/t6-,8-,9-,11-/m1/s1. The Bertz CT molecular complexity index is 1040. The molecule has 1 aromatic heterocycles. The van der Waals surface area contributed by atoms with E-state index in [9.17, 15) is 33.4 Å². The second-order valence-corrected chi connectivity index (χ2v) is 12.3. The number of aromatic nitrogens is 2. The van der Waals surface area contributed by atoms with Crippen LogP contribution in [0.2, 0.25) is 0 Å². The second kappa shape index (κ2) is 8.61. The van der Waals surface area contributed by atoms with Gasteiger partial charge in [0.1, 0.15) is 18.0 Å². The minimum absolute atomic E-state index is 0.0284. The third-order valence-electron chi connectivity index (χ3n) is 4.36. The molecule has 16 nitrogen and oxygen atoms in total. The number of phosphoric acid groups is 3. The van der Waals surface area contributed by atoms with E-state index in [4.69, 9.17) is 20.3 Å². The first kappa shape index (κ1) is 25.0. The molecule has 2 unspecified atom stereocenters. The third kappa shape index (κ3) is 5.65. The van der Waals surface area contributed by atoms with Crippen LogP contribution in [0.3, 0.4) is 0 Å². The van der Waals surface area contributed by atoms with Crippen LogP contribution in [0, 0.1) is 0 Å². The van der Waals surface area contributed by atoms with Crippen LogP contribution >= 0.6 is 35.2 Å². The van der Waals surface area contributed by atoms with E-state index in [1.165, 1.54) is 24.0 Å². The highest BCUT2D eigenvalue weighted by Crippen LogP contribution is 2.66. The van der Waals surface area contributed by atoms with Gasteiger partial charge in [0.2, 0.25) is 0 Å². The molecule has 3 heterocycles. The number of hydrogen-bond acceptors (Lipinski definition) is 12. The molecule has 1 spiro atoms. The van der Waals surface area contributed by atoms with E-state index in [2.05, 4.69) is 18.1 Å². The Labute approximate surface area is 177 Å². The smallest absolute Gasteiger partial charge is 0.389 e. The normalized spacial score (nSPS) is 32.4. The minimum atomic E-state index is -5.68. The summed E-state index contributed by atoms with van der Waals surface area (Å²) in [5.74, 6) is 0.607. The maximum atomic E-state index is 12.2. The van der Waals surface area contributed by atoms with E-state index in [1.54, 1.807) is 0 Å². The Balaban J connectivity index is 1.72. The molecule has 3 rings (SSSR count). The molecule has 7 N–H and O–H groups in total. The largest absolute Gasteiger partial charge is 0.490 e. The van der Waals surface area contributed by atoms with Crippen molar-refractivity contribution in [3.63, 3.8) is 0 Å². The van der Waals surface area contributed by atoms with E-state index >= 15 is 0 Å². The topological polar surface area (TPSA) is 250 Å². The molecule has 2 aliphatic heterocycles. The van der Waals surface area contributed by atoms with E-state index < -0.39 is 58.9 Å². The maximum absolute atomic E-state index is 12.2. The number of rotatable bonds is 8. The fraction of sp³-hybridized carbons (Fsp3) is 0.636. The summed E-state index contributed by atoms with van der Waals surface area (Å²) in [5, 5.41) is 10.7. The van der Waals surface area contributed by atoms with Crippen molar-refractivity contribution in [2.75, 3.05) is 18.1 Å². The SMILES string of the molecule is Nc1ccn([C@@H]2O[C@H](COP(=O)(O)OP(=O)(O)OP(=O)(O)O)[C@@H](O)[C@]23CCS3)c(=O)n1. The molecule has 1 aromatic rings. The first-order valence-corrected chi connectivity index (χ1v) is 13.8. The zero-order valence-electron chi connectivity index (χ0n) is 15.2. The summed E-state index contributed by atoms with van der Waals surface area (Å²) in [7, 11) is -16.6. The van der Waals surface area contributed by atoms with Gasteiger partial charge in [0.25, 0.3) is 0 Å². The van der Waals surface area contributed by atoms with Crippen molar-refractivity contribution in [2.45, 2.75) is 29.6 Å². The predicted octanol–water partition coefficient (Wildman–Crippen LogP) is -0.697. The molecule has 0 aromatic carbocycles. The number of nitrogen functional groups attached to an aromatic ring is 1. The van der Waals surface area contributed by atoms with Gasteiger partial charge in [-0.15, -0.1) is 11.8 Å². The van der Waals surface area contributed by atoms with Crippen molar-refractivity contribution in [1.82, 2.24) is 9.55 Å². The number of anilines is 1. The summed E-state index contributed by atoms with van der Waals surface area (Å²) in [6.45, 7) is -0.846. The van der Waals surface area contributed by atoms with Gasteiger partial charge in [-0.3, -0.25) is 9.09 Å². The van der Waals surface area contributed by atoms with E-state index in [-0.39, 0.29) is 5.82 Å². The van der Waals surface area contributed by atoms with Gasteiger partial charge in [-0.25, -0.2) is 18.5 Å². The first-order valence-electron chi connectivity index (χ1n) is 8.25. The Morgan fingerprint density at radius 2 is 1.90 bits per heavy atom. The van der Waals surface area contributed by atoms with Gasteiger partial charge in [-0.2, -0.15) is 13.6 Å². The molecular formula is C11H18N3O13P3S. The van der Waals surface area contributed by atoms with Crippen molar-refractivity contribution in [1.29, 1.82) is 0 Å². The predicted molar refractivity (Wildman–Crippen MR) is 102 cm³/mol. The molecule has 176 valence electrons. The Morgan fingerprint density at radius 1 is 1.26 bits per heavy atom. The fourth-order valence-corrected chi connectivity index (χ4v) is 7.43. The molecule has 0 bridgehead atoms. The molecule has 2 fully saturated rings. The Morgan fingerprint density at radius 3 is 2.42 bits per heavy atom. The molecule has 0 aliphatic carbocycles. The zero-order valence-corrected chi connectivity index (χ0v) is 18.7. The van der Waals surface area contributed by atoms with Crippen LogP contribution in [0.4, 0.5) is 5.82 Å². The van der Waals surface area contributed by atoms with Crippen LogP contribution in [0.25, 0.3) is 0 Å². The lowest BCUT2D eigenvalue weighted by molar-refractivity contribution is -0.0464. The van der Waals surface area contributed by atoms with Crippen LogP contribution in [0.1, 0.15) is 12.6 Å². The average molecular weight is 525 g/mol. The van der Waals surface area contributed by atoms with Gasteiger partial charge < -0.3 is 35.2 Å². The highest BCUT2D eigenvalue weighted by molar-refractivity contribution is 8.02. The number of nitrogens with two attached hydrogens (primary N) is 1.